The van der Waals surface area contributed by atoms with Crippen molar-refractivity contribution in [2.24, 2.45) is 23.2 Å². The van der Waals surface area contributed by atoms with Crippen molar-refractivity contribution in [1.82, 2.24) is 15.0 Å². The van der Waals surface area contributed by atoms with Gasteiger partial charge in [-0.1, -0.05) is 63.0 Å². The van der Waals surface area contributed by atoms with Crippen LogP contribution in [0.5, 0.6) is 5.75 Å². The van der Waals surface area contributed by atoms with Gasteiger partial charge in [0.1, 0.15) is 11.3 Å². The molecule has 0 aliphatic heterocycles. The Bertz CT molecular complexity index is 1660. The predicted octanol–water partition coefficient (Wildman–Crippen LogP) is 8.26. The van der Waals surface area contributed by atoms with E-state index in [1.54, 1.807) is 24.3 Å². The normalized spacial score (nSPS) is 22.2. The van der Waals surface area contributed by atoms with Crippen LogP contribution in [0, 0.1) is 23.2 Å². The van der Waals surface area contributed by atoms with E-state index in [1.807, 2.05) is 0 Å². The largest absolute Gasteiger partial charge is 0.494 e. The molecule has 3 aromatic rings. The highest BCUT2D eigenvalue weighted by molar-refractivity contribution is 6.76. The molecule has 48 heavy (non-hydrogen) atoms. The number of carboxylic acids is 1. The van der Waals surface area contributed by atoms with Gasteiger partial charge < -0.3 is 9.84 Å². The van der Waals surface area contributed by atoms with Gasteiger partial charge in [-0.05, 0) is 86.4 Å². The van der Waals surface area contributed by atoms with Gasteiger partial charge in [-0.25, -0.2) is 4.68 Å². The Morgan fingerprint density at radius 1 is 1.02 bits per heavy atom. The summed E-state index contributed by atoms with van der Waals surface area (Å²) in [5.74, 6) is -1.46. The lowest BCUT2D eigenvalue weighted by atomic mass is 9.67. The van der Waals surface area contributed by atoms with Crippen molar-refractivity contribution < 1.29 is 32.6 Å². The van der Waals surface area contributed by atoms with Crippen LogP contribution < -0.4 is 10.3 Å². The smallest absolute Gasteiger partial charge is 0.416 e. The zero-order chi connectivity index (χ0) is 34.7. The van der Waals surface area contributed by atoms with Gasteiger partial charge in [0.25, 0.3) is 5.56 Å². The maximum absolute atomic E-state index is 14.1. The summed E-state index contributed by atoms with van der Waals surface area (Å²) in [7, 11) is -1.78. The van der Waals surface area contributed by atoms with Gasteiger partial charge >= 0.3 is 12.1 Å². The second-order valence-electron chi connectivity index (χ2n) is 14.9. The number of benzene rings is 2. The Balaban J connectivity index is 1.37. The lowest BCUT2D eigenvalue weighted by Gasteiger charge is -2.37. The van der Waals surface area contributed by atoms with Gasteiger partial charge in [0.2, 0.25) is 0 Å². The number of hydrogen-bond donors (Lipinski definition) is 1. The second-order valence-corrected chi connectivity index (χ2v) is 20.5. The fourth-order valence-corrected chi connectivity index (χ4v) is 8.88. The monoisotopic (exact) mass is 685 g/mol. The third kappa shape index (κ3) is 8.01. The molecule has 2 aliphatic rings. The molecule has 0 saturated heterocycles. The number of carboxylic acid groups (broad SMARTS) is 1. The molecule has 2 saturated carbocycles. The van der Waals surface area contributed by atoms with Crippen molar-refractivity contribution in [2.45, 2.75) is 103 Å². The van der Waals surface area contributed by atoms with E-state index in [-0.39, 0.29) is 29.7 Å². The van der Waals surface area contributed by atoms with Crippen molar-refractivity contribution in [3.8, 4) is 5.75 Å². The Morgan fingerprint density at radius 3 is 2.38 bits per heavy atom. The number of ether oxygens (including phenoxy) is 1. The summed E-state index contributed by atoms with van der Waals surface area (Å²) >= 11 is 0. The van der Waals surface area contributed by atoms with Crippen LogP contribution in [-0.4, -0.2) is 46.5 Å². The molecule has 0 amide bonds. The topological polar surface area (TPSA) is 111 Å². The fourth-order valence-electron chi connectivity index (χ4n) is 7.71. The molecule has 1 aromatic heterocycles. The first kappa shape index (κ1) is 35.8. The quantitative estimate of drug-likeness (QED) is 0.110. The lowest BCUT2D eigenvalue weighted by molar-refractivity contribution is -0.154. The molecular formula is C36H46F3N3O5Si. The van der Waals surface area contributed by atoms with E-state index in [1.165, 1.54) is 32.1 Å². The number of alkyl halides is 3. The number of nitrogens with zero attached hydrogens (tertiary/aromatic N) is 3. The molecule has 3 unspecified atom stereocenters. The average molecular weight is 686 g/mol. The molecule has 1 N–H and O–H groups in total. The highest BCUT2D eigenvalue weighted by Crippen LogP contribution is 2.54. The minimum Gasteiger partial charge on any atom is -0.494 e. The van der Waals surface area contributed by atoms with E-state index in [0.717, 1.165) is 41.6 Å². The Labute approximate surface area is 280 Å². The first-order valence-corrected chi connectivity index (χ1v) is 20.8. The number of Topliss-reactive ketones (excluding diaryl/α,β-unsaturated/α-hetero) is 1. The second kappa shape index (κ2) is 14.5. The summed E-state index contributed by atoms with van der Waals surface area (Å²) in [6.07, 6.45) is 4.91. The molecular weight excluding hydrogens is 639 g/mol. The van der Waals surface area contributed by atoms with Crippen LogP contribution in [0.15, 0.2) is 47.3 Å². The fraction of sp³-hybridized carbons (Fsp3) is 0.583. The van der Waals surface area contributed by atoms with Gasteiger partial charge in [-0.15, -0.1) is 5.10 Å². The van der Waals surface area contributed by atoms with Crippen LogP contribution in [-0.2, 0) is 17.5 Å². The minimum absolute atomic E-state index is 0.0172. The van der Waals surface area contributed by atoms with E-state index in [0.29, 0.717) is 36.8 Å². The summed E-state index contributed by atoms with van der Waals surface area (Å²) in [5.41, 5.74) is -2.83. The summed E-state index contributed by atoms with van der Waals surface area (Å²) in [6.45, 7) is 6.83. The summed E-state index contributed by atoms with van der Waals surface area (Å²) in [6, 6.07) is 10.2. The van der Waals surface area contributed by atoms with Gasteiger partial charge in [0, 0.05) is 19.6 Å². The zero-order valence-corrected chi connectivity index (χ0v) is 29.0. The number of carbonyl (C=O) groups excluding carboxylic acids is 1. The van der Waals surface area contributed by atoms with Crippen LogP contribution in [0.2, 0.25) is 25.7 Å². The number of fused-ring (bicyclic) bond motifs is 1. The van der Waals surface area contributed by atoms with Gasteiger partial charge in [0.15, 0.2) is 5.78 Å². The number of aliphatic carboxylic acids is 1. The van der Waals surface area contributed by atoms with E-state index >= 15 is 0 Å². The van der Waals surface area contributed by atoms with Crippen molar-refractivity contribution >= 4 is 30.7 Å². The van der Waals surface area contributed by atoms with E-state index < -0.39 is 48.6 Å². The Kier molecular flexibility index (Phi) is 10.8. The van der Waals surface area contributed by atoms with Crippen LogP contribution >= 0.6 is 0 Å². The van der Waals surface area contributed by atoms with Crippen molar-refractivity contribution in [2.75, 3.05) is 6.61 Å². The first-order chi connectivity index (χ1) is 22.7. The third-order valence-electron chi connectivity index (χ3n) is 10.5. The van der Waals surface area contributed by atoms with Gasteiger partial charge in [-0.3, -0.25) is 14.4 Å². The van der Waals surface area contributed by atoms with Crippen LogP contribution in [0.1, 0.15) is 80.1 Å². The molecule has 8 nitrogen and oxygen atoms in total. The number of aromatic nitrogens is 3. The molecule has 3 atom stereocenters. The number of hydrogen-bond acceptors (Lipinski definition) is 6. The van der Waals surface area contributed by atoms with Crippen LogP contribution in [0.4, 0.5) is 13.2 Å². The van der Waals surface area contributed by atoms with Crippen molar-refractivity contribution in [1.29, 1.82) is 0 Å². The number of halogens is 3. The third-order valence-corrected chi connectivity index (χ3v) is 12.2. The van der Waals surface area contributed by atoms with Gasteiger partial charge in [0.05, 0.1) is 29.5 Å². The molecule has 1 heterocycles. The molecule has 12 heteroatoms. The lowest BCUT2D eigenvalue weighted by Crippen LogP contribution is -2.46. The highest BCUT2D eigenvalue weighted by atomic mass is 28.3. The highest BCUT2D eigenvalue weighted by Gasteiger charge is 2.58. The molecule has 0 spiro atoms. The summed E-state index contributed by atoms with van der Waals surface area (Å²) < 4.78 is 47.2. The molecule has 2 fully saturated rings. The molecule has 0 radical (unpaired) electrons. The number of ketones is 1. The maximum atomic E-state index is 14.1. The molecule has 260 valence electrons. The summed E-state index contributed by atoms with van der Waals surface area (Å²) in [5, 5.41) is 18.6. The Hall–Kier alpha value is -3.54. The van der Waals surface area contributed by atoms with Crippen molar-refractivity contribution in [3.63, 3.8) is 0 Å². The van der Waals surface area contributed by atoms with Gasteiger partial charge in [-0.2, -0.15) is 13.2 Å². The SMILES string of the molecule is C[Si](C)(C)CCC1(C(=O)O)C(Cn2nnc3ccc(C(F)(F)F)cc3c2=O)CCC1C(=O)c1ccc(OCCCC2CCCCC2)cc1. The standard InChI is InChI=1S/C36H46F3N3O5Si/c1-48(2,3)21-19-35(34(45)46)27(23-42-33(44)29-22-26(36(37,38)39)14-18-31(29)40-41-42)13-17-30(35)32(43)25-11-15-28(16-12-25)47-20-7-10-24-8-5-4-6-9-24/h11-12,14-16,18,22,24,27,30H,4-10,13,17,19-21,23H2,1-3H3,(H,45,46). The van der Waals surface area contributed by atoms with Crippen LogP contribution in [0.3, 0.4) is 0 Å². The average Bonchev–Trinajstić information content (AvgIpc) is 3.42. The zero-order valence-electron chi connectivity index (χ0n) is 28.0. The number of carbonyl (C=O) groups is 2. The molecule has 5 rings (SSSR count). The van der Waals surface area contributed by atoms with E-state index in [9.17, 15) is 32.7 Å². The molecule has 2 aliphatic carbocycles. The van der Waals surface area contributed by atoms with E-state index in [2.05, 4.69) is 30.0 Å². The minimum atomic E-state index is -4.65. The maximum Gasteiger partial charge on any atom is 0.416 e. The predicted molar refractivity (Wildman–Crippen MR) is 180 cm³/mol. The first-order valence-electron chi connectivity index (χ1n) is 17.1. The van der Waals surface area contributed by atoms with Crippen LogP contribution in [0.25, 0.3) is 10.9 Å². The number of rotatable bonds is 13. The molecule has 0 bridgehead atoms. The van der Waals surface area contributed by atoms with Crippen molar-refractivity contribution in [3.05, 3.63) is 63.9 Å². The Morgan fingerprint density at radius 2 is 1.73 bits per heavy atom. The van der Waals surface area contributed by atoms with E-state index in [4.69, 9.17) is 4.74 Å². The summed E-state index contributed by atoms with van der Waals surface area (Å²) in [4.78, 5) is 40.9. The molecule has 2 aromatic carbocycles.